The first kappa shape index (κ1) is 13.6. The molecule has 0 spiro atoms. The zero-order chi connectivity index (χ0) is 14.3. The molecule has 1 saturated heterocycles. The van der Waals surface area contributed by atoms with Crippen molar-refractivity contribution in [3.8, 4) is 0 Å². The zero-order valence-corrected chi connectivity index (χ0v) is 12.0. The van der Waals surface area contributed by atoms with E-state index in [9.17, 15) is 9.18 Å². The van der Waals surface area contributed by atoms with Crippen LogP contribution in [0.2, 0.25) is 5.02 Å². The summed E-state index contributed by atoms with van der Waals surface area (Å²) >= 11 is 11.7. The minimum atomic E-state index is -0.501. The van der Waals surface area contributed by atoms with Gasteiger partial charge in [-0.3, -0.25) is 4.79 Å². The Balaban J connectivity index is 2.03. The van der Waals surface area contributed by atoms with Crippen molar-refractivity contribution >= 4 is 40.1 Å². The largest absolute Gasteiger partial charge is 0.352 e. The molecule has 1 amide bonds. The number of nitrogens with zero attached hydrogens (tertiary/aromatic N) is 2. The summed E-state index contributed by atoms with van der Waals surface area (Å²) in [5.74, 6) is 0.411. The molecule has 2 aromatic rings. The molecule has 1 unspecified atom stereocenters. The highest BCUT2D eigenvalue weighted by Gasteiger charge is 2.23. The lowest BCUT2D eigenvalue weighted by Gasteiger charge is -2.13. The number of carbonyl (C=O) groups excluding carboxylic acids is 1. The van der Waals surface area contributed by atoms with Crippen LogP contribution in [0, 0.1) is 5.82 Å². The highest BCUT2D eigenvalue weighted by Crippen LogP contribution is 2.25. The second-order valence-corrected chi connectivity index (χ2v) is 5.50. The third-order valence-electron chi connectivity index (χ3n) is 3.48. The number of hydrogen-bond acceptors (Lipinski definition) is 2. The van der Waals surface area contributed by atoms with Gasteiger partial charge in [-0.05, 0) is 12.5 Å². The molecule has 1 aromatic heterocycles. The van der Waals surface area contributed by atoms with E-state index in [2.05, 4.69) is 10.3 Å². The van der Waals surface area contributed by atoms with Gasteiger partial charge in [0.2, 0.25) is 5.91 Å². The number of amides is 1. The molecule has 2 heterocycles. The maximum Gasteiger partial charge on any atom is 0.220 e. The van der Waals surface area contributed by atoms with Crippen molar-refractivity contribution in [2.45, 2.75) is 31.3 Å². The number of fused-ring (bicyclic) bond motifs is 1. The fourth-order valence-corrected chi connectivity index (χ4v) is 2.87. The summed E-state index contributed by atoms with van der Waals surface area (Å²) in [6.07, 6.45) is 1.30. The van der Waals surface area contributed by atoms with Crippen LogP contribution in [-0.4, -0.2) is 21.5 Å². The third kappa shape index (κ3) is 2.36. The molecular weight excluding hydrogens is 304 g/mol. The van der Waals surface area contributed by atoms with Gasteiger partial charge in [-0.2, -0.15) is 0 Å². The van der Waals surface area contributed by atoms with Crippen LogP contribution < -0.4 is 5.32 Å². The number of carbonyl (C=O) groups is 1. The smallest absolute Gasteiger partial charge is 0.220 e. The maximum atomic E-state index is 13.5. The Hall–Kier alpha value is -1.33. The van der Waals surface area contributed by atoms with Crippen molar-refractivity contribution in [3.05, 3.63) is 28.8 Å². The highest BCUT2D eigenvalue weighted by molar-refractivity contribution is 6.31. The molecular formula is C13H12Cl2FN3O. The number of halogens is 3. The van der Waals surface area contributed by atoms with Crippen LogP contribution >= 0.6 is 23.2 Å². The van der Waals surface area contributed by atoms with E-state index >= 15 is 0 Å². The second kappa shape index (κ2) is 5.22. The van der Waals surface area contributed by atoms with Crippen molar-refractivity contribution in [2.24, 2.45) is 0 Å². The molecule has 4 nitrogen and oxygen atoms in total. The molecule has 1 N–H and O–H groups in total. The molecule has 1 atom stereocenters. The first-order valence-electron chi connectivity index (χ1n) is 6.28. The Morgan fingerprint density at radius 3 is 2.95 bits per heavy atom. The number of hydrogen-bond donors (Lipinski definition) is 1. The van der Waals surface area contributed by atoms with Gasteiger partial charge in [0.05, 0.1) is 21.9 Å². The summed E-state index contributed by atoms with van der Waals surface area (Å²) in [6, 6.07) is 2.90. The van der Waals surface area contributed by atoms with Crippen molar-refractivity contribution in [1.29, 1.82) is 0 Å². The molecule has 3 rings (SSSR count). The molecule has 20 heavy (non-hydrogen) atoms. The van der Waals surface area contributed by atoms with Crippen molar-refractivity contribution in [2.75, 3.05) is 0 Å². The van der Waals surface area contributed by atoms with Crippen LogP contribution in [0.5, 0.6) is 0 Å². The van der Waals surface area contributed by atoms with E-state index in [-0.39, 0.29) is 22.9 Å². The Bertz CT molecular complexity index is 686. The predicted octanol–water partition coefficient (Wildman–Crippen LogP) is 2.85. The van der Waals surface area contributed by atoms with E-state index in [0.717, 1.165) is 11.9 Å². The molecule has 7 heteroatoms. The van der Waals surface area contributed by atoms with E-state index in [4.69, 9.17) is 23.2 Å². The van der Waals surface area contributed by atoms with Gasteiger partial charge in [0.1, 0.15) is 11.6 Å². The van der Waals surface area contributed by atoms with Crippen LogP contribution in [0.1, 0.15) is 18.7 Å². The first-order chi connectivity index (χ1) is 9.58. The number of nitrogens with one attached hydrogen (secondary N) is 1. The second-order valence-electron chi connectivity index (χ2n) is 4.83. The number of benzene rings is 1. The minimum absolute atomic E-state index is 0.0469. The summed E-state index contributed by atoms with van der Waals surface area (Å²) in [4.78, 5) is 15.6. The Morgan fingerprint density at radius 1 is 1.50 bits per heavy atom. The van der Waals surface area contributed by atoms with E-state index in [1.807, 2.05) is 4.57 Å². The minimum Gasteiger partial charge on any atom is -0.352 e. The molecule has 1 fully saturated rings. The molecule has 1 aliphatic rings. The number of imidazole rings is 1. The van der Waals surface area contributed by atoms with Crippen LogP contribution in [0.15, 0.2) is 12.1 Å². The molecule has 0 saturated carbocycles. The van der Waals surface area contributed by atoms with Gasteiger partial charge in [-0.25, -0.2) is 9.37 Å². The van der Waals surface area contributed by atoms with Gasteiger partial charge < -0.3 is 9.88 Å². The fraction of sp³-hybridized carbons (Fsp3) is 0.385. The lowest BCUT2D eigenvalue weighted by molar-refractivity contribution is -0.119. The standard InChI is InChI=1S/C13H12Cl2FN3O/c14-5-12-18-10-4-9(16)8(15)3-11(10)19(12)6-7-1-2-13(20)17-7/h3-4,7H,1-2,5-6H2,(H,17,20). The van der Waals surface area contributed by atoms with Crippen LogP contribution in [0.4, 0.5) is 4.39 Å². The van der Waals surface area contributed by atoms with Crippen LogP contribution in [0.25, 0.3) is 11.0 Å². The van der Waals surface area contributed by atoms with E-state index in [0.29, 0.717) is 24.3 Å². The average molecular weight is 316 g/mol. The summed E-state index contributed by atoms with van der Waals surface area (Å²) in [7, 11) is 0. The molecule has 0 aliphatic carbocycles. The summed E-state index contributed by atoms with van der Waals surface area (Å²) in [5.41, 5.74) is 1.25. The Kier molecular flexibility index (Phi) is 3.56. The lowest BCUT2D eigenvalue weighted by Crippen LogP contribution is -2.30. The Morgan fingerprint density at radius 2 is 2.30 bits per heavy atom. The topological polar surface area (TPSA) is 46.9 Å². The quantitative estimate of drug-likeness (QED) is 0.885. The summed E-state index contributed by atoms with van der Waals surface area (Å²) in [6.45, 7) is 0.562. The molecule has 0 radical (unpaired) electrons. The van der Waals surface area contributed by atoms with Gasteiger partial charge in [0.15, 0.2) is 0 Å². The summed E-state index contributed by atoms with van der Waals surface area (Å²) < 4.78 is 15.4. The fourth-order valence-electron chi connectivity index (χ4n) is 2.51. The monoisotopic (exact) mass is 315 g/mol. The normalized spacial score (nSPS) is 18.8. The molecule has 1 aliphatic heterocycles. The third-order valence-corrected chi connectivity index (χ3v) is 4.01. The van der Waals surface area contributed by atoms with Gasteiger partial charge in [0.25, 0.3) is 0 Å². The SMILES string of the molecule is O=C1CCC(Cn2c(CCl)nc3cc(F)c(Cl)cc32)N1. The van der Waals surface area contributed by atoms with E-state index in [1.54, 1.807) is 6.07 Å². The number of rotatable bonds is 3. The zero-order valence-electron chi connectivity index (χ0n) is 10.5. The van der Waals surface area contributed by atoms with Gasteiger partial charge in [-0.1, -0.05) is 11.6 Å². The Labute approximate surface area is 124 Å². The van der Waals surface area contributed by atoms with Crippen LogP contribution in [-0.2, 0) is 17.2 Å². The maximum absolute atomic E-state index is 13.5. The van der Waals surface area contributed by atoms with Gasteiger partial charge >= 0.3 is 0 Å². The molecule has 106 valence electrons. The number of alkyl halides is 1. The van der Waals surface area contributed by atoms with E-state index in [1.165, 1.54) is 6.07 Å². The van der Waals surface area contributed by atoms with Crippen molar-refractivity contribution < 1.29 is 9.18 Å². The van der Waals surface area contributed by atoms with Crippen LogP contribution in [0.3, 0.4) is 0 Å². The van der Waals surface area contributed by atoms with Crippen molar-refractivity contribution in [3.63, 3.8) is 0 Å². The summed E-state index contributed by atoms with van der Waals surface area (Å²) in [5, 5.41) is 2.95. The molecule has 0 bridgehead atoms. The average Bonchev–Trinajstić information content (AvgIpc) is 2.96. The van der Waals surface area contributed by atoms with E-state index < -0.39 is 5.82 Å². The first-order valence-corrected chi connectivity index (χ1v) is 7.19. The lowest BCUT2D eigenvalue weighted by atomic mass is 10.2. The number of aromatic nitrogens is 2. The van der Waals surface area contributed by atoms with Gasteiger partial charge in [0, 0.05) is 25.1 Å². The predicted molar refractivity (Wildman–Crippen MR) is 75.4 cm³/mol. The van der Waals surface area contributed by atoms with Gasteiger partial charge in [-0.15, -0.1) is 11.6 Å². The molecule has 1 aromatic carbocycles. The van der Waals surface area contributed by atoms with Crippen molar-refractivity contribution in [1.82, 2.24) is 14.9 Å². The highest BCUT2D eigenvalue weighted by atomic mass is 35.5.